The summed E-state index contributed by atoms with van der Waals surface area (Å²) >= 11 is 0. The molecule has 0 aliphatic heterocycles. The predicted molar refractivity (Wildman–Crippen MR) is 146 cm³/mol. The van der Waals surface area contributed by atoms with Crippen LogP contribution in [0, 0.1) is 11.8 Å². The normalized spacial score (nSPS) is 9.55. The Kier molecular flexibility index (Phi) is 13.8. The number of hydrogen-bond acceptors (Lipinski definition) is 12. The van der Waals surface area contributed by atoms with E-state index in [4.69, 9.17) is 37.9 Å². The number of esters is 4. The van der Waals surface area contributed by atoms with Crippen LogP contribution in [0.1, 0.15) is 24.5 Å². The van der Waals surface area contributed by atoms with Gasteiger partial charge in [0.25, 0.3) is 0 Å². The minimum atomic E-state index is -0.692. The van der Waals surface area contributed by atoms with Gasteiger partial charge in [-0.15, -0.1) is 0 Å². The lowest BCUT2D eigenvalue weighted by Crippen LogP contribution is -2.11. The summed E-state index contributed by atoms with van der Waals surface area (Å²) in [5, 5.41) is 0. The third kappa shape index (κ3) is 11.6. The third-order valence-electron chi connectivity index (χ3n) is 4.71. The van der Waals surface area contributed by atoms with Gasteiger partial charge < -0.3 is 37.9 Å². The number of rotatable bonds is 16. The van der Waals surface area contributed by atoms with Gasteiger partial charge >= 0.3 is 23.9 Å². The molecule has 0 aromatic heterocycles. The second-order valence-corrected chi connectivity index (χ2v) is 7.49. The zero-order chi connectivity index (χ0) is 30.7. The quantitative estimate of drug-likeness (QED) is 0.0942. The Labute approximate surface area is 242 Å². The molecule has 0 aliphatic carbocycles. The smallest absolute Gasteiger partial charge is 0.333 e. The highest BCUT2D eigenvalue weighted by Crippen LogP contribution is 2.30. The van der Waals surface area contributed by atoms with Crippen molar-refractivity contribution in [2.45, 2.75) is 13.3 Å². The Morgan fingerprint density at radius 2 is 0.952 bits per heavy atom. The Bertz CT molecular complexity index is 1370. The van der Waals surface area contributed by atoms with Crippen LogP contribution in [0.25, 0.3) is 0 Å². The van der Waals surface area contributed by atoms with Gasteiger partial charge in [-0.2, -0.15) is 0 Å². The van der Waals surface area contributed by atoms with E-state index < -0.39 is 44.3 Å². The fraction of sp³-hybridized carbons (Fsp3) is 0.200. The molecule has 12 nitrogen and oxygen atoms in total. The first-order valence-electron chi connectivity index (χ1n) is 12.1. The first-order valence-corrected chi connectivity index (χ1v) is 12.1. The van der Waals surface area contributed by atoms with Crippen LogP contribution in [0.5, 0.6) is 23.0 Å². The Morgan fingerprint density at radius 1 is 0.595 bits per heavy atom. The topological polar surface area (TPSA) is 142 Å². The number of ether oxygens (including phenoxy) is 8. The molecule has 0 unspecified atom stereocenters. The second kappa shape index (κ2) is 17.8. The van der Waals surface area contributed by atoms with Crippen molar-refractivity contribution in [3.05, 3.63) is 85.5 Å². The monoisotopic (exact) mass is 580 g/mol. The van der Waals surface area contributed by atoms with E-state index in [2.05, 4.69) is 31.6 Å². The molecule has 0 spiro atoms. The van der Waals surface area contributed by atoms with Crippen LogP contribution >= 0.6 is 0 Å². The highest BCUT2D eigenvalue weighted by molar-refractivity contribution is 5.81. The molecule has 2 aromatic carbocycles. The van der Waals surface area contributed by atoms with Crippen LogP contribution in [0.2, 0.25) is 0 Å². The lowest BCUT2D eigenvalue weighted by molar-refractivity contribution is -0.150. The largest absolute Gasteiger partial charge is 0.453 e. The maximum absolute atomic E-state index is 11.5. The standard InChI is InChI=1S/C30H28O12/c1-5-27(31)39-17-35-23-13-11-21(15-25(23)37-19-41-29(33)7-3)9-10-22-12-14-24(36-18-40-28(32)6-2)26(16-22)38-20-42-30(34)8-4/h5-7,11-16H,1-3,8,17-20H2,4H3. The molecule has 0 fully saturated rings. The molecule has 0 bridgehead atoms. The molecule has 220 valence electrons. The summed E-state index contributed by atoms with van der Waals surface area (Å²) in [5.74, 6) is 4.10. The van der Waals surface area contributed by atoms with Gasteiger partial charge in [0.2, 0.25) is 27.2 Å². The molecule has 0 atom stereocenters. The Hall–Kier alpha value is -5.70. The minimum Gasteiger partial charge on any atom is -0.453 e. The minimum absolute atomic E-state index is 0.146. The summed E-state index contributed by atoms with van der Waals surface area (Å²) in [6.07, 6.45) is 3.12. The van der Waals surface area contributed by atoms with Crippen molar-refractivity contribution in [2.75, 3.05) is 27.2 Å². The molecule has 0 saturated heterocycles. The molecular weight excluding hydrogens is 552 g/mol. The van der Waals surface area contributed by atoms with E-state index in [1.165, 1.54) is 24.3 Å². The van der Waals surface area contributed by atoms with Crippen molar-refractivity contribution in [1.29, 1.82) is 0 Å². The van der Waals surface area contributed by atoms with Crippen molar-refractivity contribution in [1.82, 2.24) is 0 Å². The first kappa shape index (κ1) is 32.5. The summed E-state index contributed by atoms with van der Waals surface area (Å²) in [6, 6.07) is 9.36. The van der Waals surface area contributed by atoms with Crippen molar-refractivity contribution in [3.8, 4) is 34.8 Å². The van der Waals surface area contributed by atoms with Crippen LogP contribution in [0.15, 0.2) is 74.4 Å². The van der Waals surface area contributed by atoms with E-state index in [0.29, 0.717) is 11.1 Å². The van der Waals surface area contributed by atoms with Gasteiger partial charge in [0, 0.05) is 35.8 Å². The average molecular weight is 581 g/mol. The predicted octanol–water partition coefficient (Wildman–Crippen LogP) is 3.57. The van der Waals surface area contributed by atoms with E-state index in [-0.39, 0.29) is 36.2 Å². The number of carbonyl (C=O) groups is 4. The second-order valence-electron chi connectivity index (χ2n) is 7.49. The number of carbonyl (C=O) groups excluding carboxylic acids is 4. The van der Waals surface area contributed by atoms with E-state index >= 15 is 0 Å². The van der Waals surface area contributed by atoms with Crippen LogP contribution in [-0.2, 0) is 38.1 Å². The van der Waals surface area contributed by atoms with Gasteiger partial charge in [0.15, 0.2) is 23.0 Å². The Morgan fingerprint density at radius 3 is 1.31 bits per heavy atom. The van der Waals surface area contributed by atoms with Gasteiger partial charge in [0.05, 0.1) is 0 Å². The van der Waals surface area contributed by atoms with Crippen LogP contribution in [-0.4, -0.2) is 51.0 Å². The zero-order valence-corrected chi connectivity index (χ0v) is 22.8. The lowest BCUT2D eigenvalue weighted by atomic mass is 10.1. The average Bonchev–Trinajstić information content (AvgIpc) is 3.00. The van der Waals surface area contributed by atoms with Gasteiger partial charge in [0.1, 0.15) is 0 Å². The van der Waals surface area contributed by atoms with E-state index in [0.717, 1.165) is 18.2 Å². The van der Waals surface area contributed by atoms with Crippen molar-refractivity contribution in [2.24, 2.45) is 0 Å². The van der Waals surface area contributed by atoms with E-state index in [9.17, 15) is 19.2 Å². The van der Waals surface area contributed by atoms with Gasteiger partial charge in [-0.05, 0) is 36.4 Å². The van der Waals surface area contributed by atoms with Crippen molar-refractivity contribution in [3.63, 3.8) is 0 Å². The zero-order valence-electron chi connectivity index (χ0n) is 22.8. The van der Waals surface area contributed by atoms with Crippen LogP contribution < -0.4 is 18.9 Å². The molecule has 42 heavy (non-hydrogen) atoms. The molecule has 12 heteroatoms. The summed E-state index contributed by atoms with van der Waals surface area (Å²) in [4.78, 5) is 45.4. The molecule has 2 aromatic rings. The molecule has 0 radical (unpaired) electrons. The fourth-order valence-electron chi connectivity index (χ4n) is 2.67. The molecule has 2 rings (SSSR count). The maximum atomic E-state index is 11.5. The van der Waals surface area contributed by atoms with Crippen molar-refractivity contribution >= 4 is 23.9 Å². The summed E-state index contributed by atoms with van der Waals surface area (Å²) in [5.41, 5.74) is 0.966. The summed E-state index contributed by atoms with van der Waals surface area (Å²) in [6.45, 7) is 9.90. The molecular formula is C30H28O12. The van der Waals surface area contributed by atoms with Gasteiger partial charge in [-0.25, -0.2) is 14.4 Å². The van der Waals surface area contributed by atoms with Gasteiger partial charge in [-0.1, -0.05) is 38.5 Å². The maximum Gasteiger partial charge on any atom is 0.333 e. The van der Waals surface area contributed by atoms with E-state index in [1.54, 1.807) is 19.1 Å². The molecule has 0 N–H and O–H groups in total. The van der Waals surface area contributed by atoms with Crippen LogP contribution in [0.4, 0.5) is 0 Å². The van der Waals surface area contributed by atoms with Crippen LogP contribution in [0.3, 0.4) is 0 Å². The first-order chi connectivity index (χ1) is 20.3. The van der Waals surface area contributed by atoms with E-state index in [1.807, 2.05) is 0 Å². The number of hydrogen-bond donors (Lipinski definition) is 0. The third-order valence-corrected chi connectivity index (χ3v) is 4.71. The molecule has 0 heterocycles. The highest BCUT2D eigenvalue weighted by atomic mass is 16.7. The molecule has 0 aliphatic rings. The van der Waals surface area contributed by atoms with Gasteiger partial charge in [-0.3, -0.25) is 4.79 Å². The lowest BCUT2D eigenvalue weighted by Gasteiger charge is -2.13. The highest BCUT2D eigenvalue weighted by Gasteiger charge is 2.11. The molecule has 0 saturated carbocycles. The summed E-state index contributed by atoms with van der Waals surface area (Å²) in [7, 11) is 0. The number of benzene rings is 2. The molecule has 0 amide bonds. The Balaban J connectivity index is 2.26. The summed E-state index contributed by atoms with van der Waals surface area (Å²) < 4.78 is 41.3. The van der Waals surface area contributed by atoms with Crippen molar-refractivity contribution < 1.29 is 57.1 Å². The SMILES string of the molecule is C=CC(=O)OCOc1ccc(C#Cc2ccc(OCOC(=O)C=C)c(OCOC(=O)CC)c2)cc1OCOC(=O)C=C. The fourth-order valence-corrected chi connectivity index (χ4v) is 2.67.